The quantitative estimate of drug-likeness (QED) is 0.441. The monoisotopic (exact) mass is 336 g/mol. The lowest BCUT2D eigenvalue weighted by Crippen LogP contribution is -2.08. The second kappa shape index (κ2) is 7.85. The number of hydrogen-bond donors (Lipinski definition) is 0. The summed E-state index contributed by atoms with van der Waals surface area (Å²) in [5.74, 6) is 0.667. The van der Waals surface area contributed by atoms with Gasteiger partial charge < -0.3 is 9.30 Å². The minimum atomic E-state index is -0.325. The zero-order chi connectivity index (χ0) is 18.6. The molecule has 0 saturated heterocycles. The number of benzene rings is 1. The fourth-order valence-electron chi connectivity index (χ4n) is 2.90. The lowest BCUT2D eigenvalue weighted by Gasteiger charge is -2.12. The molecule has 0 unspecified atom stereocenters. The van der Waals surface area contributed by atoms with Gasteiger partial charge in [-0.3, -0.25) is 4.79 Å². The Balaban J connectivity index is 2.45. The van der Waals surface area contributed by atoms with Gasteiger partial charge in [0.15, 0.2) is 0 Å². The fourth-order valence-corrected chi connectivity index (χ4v) is 2.90. The standard InChI is InChI=1S/C21H24N2O2/c1-14(2)13-23-15(3)10-17(16(23)4)11-18(12-22)21(24)19-8-6-7-9-20(19)25-5/h6-11,14H,13H2,1-5H3/b18-11+. The zero-order valence-corrected chi connectivity index (χ0v) is 15.5. The van der Waals surface area contributed by atoms with Gasteiger partial charge in [-0.05, 0) is 49.6 Å². The van der Waals surface area contributed by atoms with Crippen molar-refractivity contribution in [3.05, 3.63) is 58.4 Å². The van der Waals surface area contributed by atoms with E-state index in [1.165, 1.54) is 7.11 Å². The predicted molar refractivity (Wildman–Crippen MR) is 99.7 cm³/mol. The maximum absolute atomic E-state index is 12.8. The number of carbonyl (C=O) groups excluding carboxylic acids is 1. The van der Waals surface area contributed by atoms with Gasteiger partial charge >= 0.3 is 0 Å². The van der Waals surface area contributed by atoms with Crippen molar-refractivity contribution in [2.75, 3.05) is 7.11 Å². The van der Waals surface area contributed by atoms with Gasteiger partial charge in [-0.2, -0.15) is 5.26 Å². The summed E-state index contributed by atoms with van der Waals surface area (Å²) in [5.41, 5.74) is 3.59. The van der Waals surface area contributed by atoms with E-state index in [2.05, 4.69) is 18.4 Å². The Hall–Kier alpha value is -2.80. The Morgan fingerprint density at radius 3 is 2.60 bits per heavy atom. The first kappa shape index (κ1) is 18.5. The van der Waals surface area contributed by atoms with E-state index in [-0.39, 0.29) is 11.4 Å². The highest BCUT2D eigenvalue weighted by Gasteiger charge is 2.18. The van der Waals surface area contributed by atoms with Crippen molar-refractivity contribution in [3.8, 4) is 11.8 Å². The van der Waals surface area contributed by atoms with E-state index in [4.69, 9.17) is 4.74 Å². The Bertz CT molecular complexity index is 851. The van der Waals surface area contributed by atoms with Crippen LogP contribution in [-0.4, -0.2) is 17.5 Å². The summed E-state index contributed by atoms with van der Waals surface area (Å²) < 4.78 is 7.46. The van der Waals surface area contributed by atoms with Gasteiger partial charge in [-0.15, -0.1) is 0 Å². The number of aromatic nitrogens is 1. The van der Waals surface area contributed by atoms with E-state index in [0.717, 1.165) is 23.5 Å². The number of rotatable bonds is 6. The molecule has 0 radical (unpaired) electrons. The number of aryl methyl sites for hydroxylation is 1. The topological polar surface area (TPSA) is 55.0 Å². The van der Waals surface area contributed by atoms with E-state index in [1.54, 1.807) is 30.3 Å². The van der Waals surface area contributed by atoms with E-state index in [0.29, 0.717) is 17.2 Å². The summed E-state index contributed by atoms with van der Waals surface area (Å²) in [6, 6.07) is 11.0. The molecule has 0 atom stereocenters. The molecule has 2 aromatic rings. The number of para-hydroxylation sites is 1. The third-order valence-electron chi connectivity index (χ3n) is 4.18. The number of ether oxygens (including phenoxy) is 1. The molecule has 0 bridgehead atoms. The normalized spacial score (nSPS) is 11.5. The maximum atomic E-state index is 12.8. The number of nitrogens with zero attached hydrogens (tertiary/aromatic N) is 2. The molecule has 0 amide bonds. The van der Waals surface area contributed by atoms with Gasteiger partial charge in [0, 0.05) is 17.9 Å². The number of Topliss-reactive ketones (excluding diaryl/α,β-unsaturated/α-hetero) is 1. The first-order valence-corrected chi connectivity index (χ1v) is 8.35. The summed E-state index contributed by atoms with van der Waals surface area (Å²) >= 11 is 0. The molecule has 0 spiro atoms. The molecule has 130 valence electrons. The average molecular weight is 336 g/mol. The molecule has 25 heavy (non-hydrogen) atoms. The SMILES string of the molecule is COc1ccccc1C(=O)/C(C#N)=C/c1cc(C)n(CC(C)C)c1C. The van der Waals surface area contributed by atoms with E-state index in [9.17, 15) is 10.1 Å². The molecule has 0 aliphatic carbocycles. The van der Waals surface area contributed by atoms with Crippen LogP contribution in [0.25, 0.3) is 6.08 Å². The predicted octanol–water partition coefficient (Wildman–Crippen LogP) is 4.56. The fraction of sp³-hybridized carbons (Fsp3) is 0.333. The van der Waals surface area contributed by atoms with E-state index >= 15 is 0 Å². The van der Waals surface area contributed by atoms with E-state index < -0.39 is 0 Å². The molecular weight excluding hydrogens is 312 g/mol. The highest BCUT2D eigenvalue weighted by Crippen LogP contribution is 2.24. The van der Waals surface area contributed by atoms with Crippen LogP contribution in [0.5, 0.6) is 5.75 Å². The number of carbonyl (C=O) groups is 1. The highest BCUT2D eigenvalue weighted by molar-refractivity contribution is 6.15. The molecule has 1 aromatic heterocycles. The van der Waals surface area contributed by atoms with Gasteiger partial charge in [0.1, 0.15) is 17.4 Å². The van der Waals surface area contributed by atoms with Crippen LogP contribution >= 0.6 is 0 Å². The number of allylic oxidation sites excluding steroid dienone is 1. The average Bonchev–Trinajstić information content (AvgIpc) is 2.86. The van der Waals surface area contributed by atoms with Crippen LogP contribution < -0.4 is 4.74 Å². The van der Waals surface area contributed by atoms with Crippen LogP contribution in [0.4, 0.5) is 0 Å². The highest BCUT2D eigenvalue weighted by atomic mass is 16.5. The summed E-state index contributed by atoms with van der Waals surface area (Å²) in [7, 11) is 1.52. The summed E-state index contributed by atoms with van der Waals surface area (Å²) in [4.78, 5) is 12.8. The van der Waals surface area contributed by atoms with E-state index in [1.807, 2.05) is 26.0 Å². The van der Waals surface area contributed by atoms with Gasteiger partial charge in [0.05, 0.1) is 12.7 Å². The first-order chi connectivity index (χ1) is 11.9. The Morgan fingerprint density at radius 1 is 1.32 bits per heavy atom. The Labute approximate surface area is 149 Å². The van der Waals surface area contributed by atoms with Crippen molar-refractivity contribution in [2.24, 2.45) is 5.92 Å². The molecule has 4 heteroatoms. The smallest absolute Gasteiger partial charge is 0.207 e. The molecule has 1 heterocycles. The maximum Gasteiger partial charge on any atom is 0.207 e. The van der Waals surface area contributed by atoms with Crippen molar-refractivity contribution in [2.45, 2.75) is 34.2 Å². The Kier molecular flexibility index (Phi) is 5.82. The molecule has 0 N–H and O–H groups in total. The first-order valence-electron chi connectivity index (χ1n) is 8.35. The molecule has 0 aliphatic heterocycles. The van der Waals surface area contributed by atoms with Crippen LogP contribution in [0.1, 0.15) is 41.2 Å². The van der Waals surface area contributed by atoms with Crippen molar-refractivity contribution in [3.63, 3.8) is 0 Å². The number of hydrogen-bond acceptors (Lipinski definition) is 3. The third kappa shape index (κ3) is 4.00. The zero-order valence-electron chi connectivity index (χ0n) is 15.5. The molecule has 0 saturated carbocycles. The lowest BCUT2D eigenvalue weighted by atomic mass is 10.0. The second-order valence-corrected chi connectivity index (χ2v) is 6.53. The number of nitriles is 1. The molecule has 4 nitrogen and oxygen atoms in total. The minimum Gasteiger partial charge on any atom is -0.496 e. The second-order valence-electron chi connectivity index (χ2n) is 6.53. The number of ketones is 1. The van der Waals surface area contributed by atoms with Crippen molar-refractivity contribution < 1.29 is 9.53 Å². The van der Waals surface area contributed by atoms with Crippen LogP contribution in [0.15, 0.2) is 35.9 Å². The van der Waals surface area contributed by atoms with Crippen LogP contribution in [-0.2, 0) is 6.54 Å². The van der Waals surface area contributed by atoms with Crippen LogP contribution in [0, 0.1) is 31.1 Å². The summed E-state index contributed by atoms with van der Waals surface area (Å²) in [6.07, 6.45) is 1.67. The molecule has 2 rings (SSSR count). The molecular formula is C21H24N2O2. The van der Waals surface area contributed by atoms with Crippen molar-refractivity contribution in [1.82, 2.24) is 4.57 Å². The van der Waals surface area contributed by atoms with Gasteiger partial charge in [-0.1, -0.05) is 26.0 Å². The Morgan fingerprint density at radius 2 is 2.00 bits per heavy atom. The van der Waals surface area contributed by atoms with Crippen molar-refractivity contribution >= 4 is 11.9 Å². The van der Waals surface area contributed by atoms with Gasteiger partial charge in [0.25, 0.3) is 0 Å². The lowest BCUT2D eigenvalue weighted by molar-refractivity contribution is 0.103. The molecule has 1 aromatic carbocycles. The van der Waals surface area contributed by atoms with Gasteiger partial charge in [0.2, 0.25) is 5.78 Å². The van der Waals surface area contributed by atoms with Crippen LogP contribution in [0.3, 0.4) is 0 Å². The minimum absolute atomic E-state index is 0.106. The van der Waals surface area contributed by atoms with Crippen LogP contribution in [0.2, 0.25) is 0 Å². The summed E-state index contributed by atoms with van der Waals surface area (Å²) in [5, 5.41) is 9.51. The largest absolute Gasteiger partial charge is 0.496 e. The summed E-state index contributed by atoms with van der Waals surface area (Å²) in [6.45, 7) is 9.30. The number of methoxy groups -OCH3 is 1. The van der Waals surface area contributed by atoms with Crippen molar-refractivity contribution in [1.29, 1.82) is 5.26 Å². The molecule has 0 fully saturated rings. The molecule has 0 aliphatic rings. The third-order valence-corrected chi connectivity index (χ3v) is 4.18. The van der Waals surface area contributed by atoms with Gasteiger partial charge in [-0.25, -0.2) is 0 Å².